The molecule has 1 atom stereocenters. The van der Waals surface area contributed by atoms with Crippen LogP contribution in [0.4, 0.5) is 0 Å². The Morgan fingerprint density at radius 3 is 2.52 bits per heavy atom. The molecule has 4 aliphatic rings. The fraction of sp³-hybridized carbons (Fsp3) is 0.458. The van der Waals surface area contributed by atoms with Crippen LogP contribution in [0.25, 0.3) is 0 Å². The van der Waals surface area contributed by atoms with E-state index in [2.05, 4.69) is 18.2 Å². The highest BCUT2D eigenvalue weighted by Gasteiger charge is 2.45. The molecule has 0 unspecified atom stereocenters. The molecule has 5 heteroatoms. The third kappa shape index (κ3) is 2.70. The van der Waals surface area contributed by atoms with E-state index in [1.807, 2.05) is 23.1 Å². The minimum Gasteiger partial charge on any atom is -0.486 e. The predicted molar refractivity (Wildman–Crippen MR) is 108 cm³/mol. The van der Waals surface area contributed by atoms with Gasteiger partial charge in [0.1, 0.15) is 19.0 Å². The van der Waals surface area contributed by atoms with Crippen LogP contribution in [0.1, 0.15) is 42.4 Å². The molecule has 3 aliphatic heterocycles. The molecule has 2 aromatic rings. The smallest absolute Gasteiger partial charge is 0.264 e. The molecule has 0 bridgehead atoms. The van der Waals surface area contributed by atoms with Crippen molar-refractivity contribution in [2.45, 2.75) is 50.2 Å². The van der Waals surface area contributed by atoms with Crippen molar-refractivity contribution in [3.05, 3.63) is 53.1 Å². The number of benzene rings is 2. The van der Waals surface area contributed by atoms with Crippen LogP contribution in [0.5, 0.6) is 17.2 Å². The van der Waals surface area contributed by atoms with Crippen molar-refractivity contribution in [1.82, 2.24) is 4.90 Å². The second-order valence-corrected chi connectivity index (χ2v) is 8.75. The zero-order chi connectivity index (χ0) is 19.4. The zero-order valence-corrected chi connectivity index (χ0v) is 16.5. The van der Waals surface area contributed by atoms with Gasteiger partial charge in [-0.15, -0.1) is 0 Å². The zero-order valence-electron chi connectivity index (χ0n) is 16.5. The number of hydrogen-bond donors (Lipinski definition) is 0. The average Bonchev–Trinajstić information content (AvgIpc) is 3.39. The molecule has 6 rings (SSSR count). The van der Waals surface area contributed by atoms with Crippen molar-refractivity contribution >= 4 is 5.91 Å². The Labute approximate surface area is 170 Å². The average molecular weight is 391 g/mol. The van der Waals surface area contributed by atoms with Gasteiger partial charge in [-0.1, -0.05) is 31.0 Å². The summed E-state index contributed by atoms with van der Waals surface area (Å²) in [6.07, 6.45) is 4.91. The maximum atomic E-state index is 13.5. The Bertz CT molecular complexity index is 954. The minimum absolute atomic E-state index is 0.0323. The largest absolute Gasteiger partial charge is 0.486 e. The summed E-state index contributed by atoms with van der Waals surface area (Å²) < 4.78 is 17.7. The Balaban J connectivity index is 1.33. The predicted octanol–water partition coefficient (Wildman–Crippen LogP) is 3.62. The molecule has 0 saturated heterocycles. The first kappa shape index (κ1) is 17.2. The van der Waals surface area contributed by atoms with Crippen molar-refractivity contribution < 1.29 is 19.0 Å². The van der Waals surface area contributed by atoms with Gasteiger partial charge in [0.2, 0.25) is 0 Å². The van der Waals surface area contributed by atoms with E-state index in [1.165, 1.54) is 24.0 Å². The summed E-state index contributed by atoms with van der Waals surface area (Å²) in [7, 11) is 0. The van der Waals surface area contributed by atoms with Gasteiger partial charge >= 0.3 is 0 Å². The summed E-state index contributed by atoms with van der Waals surface area (Å²) >= 11 is 0. The maximum absolute atomic E-state index is 13.5. The lowest BCUT2D eigenvalue weighted by atomic mass is 9.73. The molecule has 0 N–H and O–H groups in total. The summed E-state index contributed by atoms with van der Waals surface area (Å²) in [6.45, 7) is 2.56. The standard InChI is InChI=1S/C24H25NO4/c26-23(22-11-16-5-1-2-6-19(16)29-22)25-14-17-12-20-21(28-10-9-27-20)13-18(17)24(15-25)7-3-4-8-24/h1-2,5-6,12-13,22H,3-4,7-11,14-15H2/t22-/m1/s1. The van der Waals surface area contributed by atoms with Crippen LogP contribution in [0, 0.1) is 0 Å². The summed E-state index contributed by atoms with van der Waals surface area (Å²) in [4.78, 5) is 15.5. The molecular weight excluding hydrogens is 366 g/mol. The number of carbonyl (C=O) groups is 1. The van der Waals surface area contributed by atoms with Crippen LogP contribution < -0.4 is 14.2 Å². The van der Waals surface area contributed by atoms with Crippen molar-refractivity contribution in [3.63, 3.8) is 0 Å². The number of rotatable bonds is 1. The van der Waals surface area contributed by atoms with Gasteiger partial charge in [-0.25, -0.2) is 0 Å². The van der Waals surface area contributed by atoms with Crippen LogP contribution >= 0.6 is 0 Å². The summed E-state index contributed by atoms with van der Waals surface area (Å²) in [6, 6.07) is 12.3. The van der Waals surface area contributed by atoms with Gasteiger partial charge in [0, 0.05) is 24.9 Å². The highest BCUT2D eigenvalue weighted by atomic mass is 16.6. The van der Waals surface area contributed by atoms with Crippen LogP contribution in [0.3, 0.4) is 0 Å². The van der Waals surface area contributed by atoms with Gasteiger partial charge in [-0.05, 0) is 47.7 Å². The van der Waals surface area contributed by atoms with Gasteiger partial charge in [-0.3, -0.25) is 4.79 Å². The van der Waals surface area contributed by atoms with Crippen molar-refractivity contribution in [1.29, 1.82) is 0 Å². The highest BCUT2D eigenvalue weighted by Crippen LogP contribution is 2.49. The molecule has 0 aromatic heterocycles. The first-order valence-electron chi connectivity index (χ1n) is 10.7. The molecule has 5 nitrogen and oxygen atoms in total. The van der Waals surface area contributed by atoms with E-state index in [9.17, 15) is 4.79 Å². The van der Waals surface area contributed by atoms with E-state index in [1.54, 1.807) is 0 Å². The molecule has 1 aliphatic carbocycles. The number of carbonyl (C=O) groups excluding carboxylic acids is 1. The third-order valence-electron chi connectivity index (χ3n) is 6.99. The van der Waals surface area contributed by atoms with Gasteiger partial charge in [0.05, 0.1) is 0 Å². The lowest BCUT2D eigenvalue weighted by Gasteiger charge is -2.43. The number of para-hydroxylation sites is 1. The quantitative estimate of drug-likeness (QED) is 0.745. The molecule has 2 aromatic carbocycles. The van der Waals surface area contributed by atoms with Crippen LogP contribution in [0.15, 0.2) is 36.4 Å². The maximum Gasteiger partial charge on any atom is 0.264 e. The SMILES string of the molecule is O=C([C@H]1Cc2ccccc2O1)N1Cc2cc3c(cc2C2(CCCC2)C1)OCCO3. The van der Waals surface area contributed by atoms with E-state index in [0.717, 1.165) is 42.2 Å². The lowest BCUT2D eigenvalue weighted by molar-refractivity contribution is -0.140. The Morgan fingerprint density at radius 1 is 0.966 bits per heavy atom. The first-order chi connectivity index (χ1) is 14.2. The second kappa shape index (κ2) is 6.41. The molecule has 150 valence electrons. The van der Waals surface area contributed by atoms with Crippen molar-refractivity contribution in [3.8, 4) is 17.2 Å². The molecule has 0 radical (unpaired) electrons. The van der Waals surface area contributed by atoms with E-state index < -0.39 is 6.10 Å². The Kier molecular flexibility index (Phi) is 3.80. The number of amides is 1. The first-order valence-corrected chi connectivity index (χ1v) is 10.7. The van der Waals surface area contributed by atoms with Gasteiger partial charge in [-0.2, -0.15) is 0 Å². The van der Waals surface area contributed by atoms with E-state index in [4.69, 9.17) is 14.2 Å². The number of nitrogens with zero attached hydrogens (tertiary/aromatic N) is 1. The Hall–Kier alpha value is -2.69. The molecule has 29 heavy (non-hydrogen) atoms. The molecule has 1 spiro atoms. The molecule has 1 saturated carbocycles. The van der Waals surface area contributed by atoms with Crippen LogP contribution in [-0.2, 0) is 23.2 Å². The van der Waals surface area contributed by atoms with E-state index in [0.29, 0.717) is 26.2 Å². The monoisotopic (exact) mass is 391 g/mol. The fourth-order valence-electron chi connectivity index (χ4n) is 5.63. The van der Waals surface area contributed by atoms with E-state index >= 15 is 0 Å². The Morgan fingerprint density at radius 2 is 1.72 bits per heavy atom. The highest BCUT2D eigenvalue weighted by molar-refractivity contribution is 5.83. The normalized spacial score (nSPS) is 23.4. The summed E-state index contributed by atoms with van der Waals surface area (Å²) in [5, 5.41) is 0. The lowest BCUT2D eigenvalue weighted by Crippen LogP contribution is -2.50. The van der Waals surface area contributed by atoms with Crippen LogP contribution in [0.2, 0.25) is 0 Å². The third-order valence-corrected chi connectivity index (χ3v) is 6.99. The van der Waals surface area contributed by atoms with Crippen molar-refractivity contribution in [2.24, 2.45) is 0 Å². The molecular formula is C24H25NO4. The second-order valence-electron chi connectivity index (χ2n) is 8.75. The summed E-state index contributed by atoms with van der Waals surface area (Å²) in [5.41, 5.74) is 3.72. The van der Waals surface area contributed by atoms with Crippen molar-refractivity contribution in [2.75, 3.05) is 19.8 Å². The molecule has 3 heterocycles. The van der Waals surface area contributed by atoms with Gasteiger partial charge in [0.25, 0.3) is 5.91 Å². The van der Waals surface area contributed by atoms with Crippen LogP contribution in [-0.4, -0.2) is 36.7 Å². The van der Waals surface area contributed by atoms with Gasteiger partial charge in [0.15, 0.2) is 17.6 Å². The molecule has 1 fully saturated rings. The number of hydrogen-bond acceptors (Lipinski definition) is 4. The molecule has 1 amide bonds. The number of ether oxygens (including phenoxy) is 3. The topological polar surface area (TPSA) is 48.0 Å². The fourth-order valence-corrected chi connectivity index (χ4v) is 5.63. The summed E-state index contributed by atoms with van der Waals surface area (Å²) in [5.74, 6) is 2.61. The number of fused-ring (bicyclic) bond motifs is 4. The van der Waals surface area contributed by atoms with E-state index in [-0.39, 0.29) is 11.3 Å². The van der Waals surface area contributed by atoms with Gasteiger partial charge < -0.3 is 19.1 Å². The minimum atomic E-state index is -0.412.